The van der Waals surface area contributed by atoms with Gasteiger partial charge in [-0.05, 0) is 55.7 Å². The highest BCUT2D eigenvalue weighted by atomic mass is 16.2. The highest BCUT2D eigenvalue weighted by molar-refractivity contribution is 5.96. The molecule has 4 N–H and O–H groups in total. The Labute approximate surface area is 253 Å². The van der Waals surface area contributed by atoms with E-state index in [1.54, 1.807) is 4.90 Å². The molecule has 1 saturated carbocycles. The van der Waals surface area contributed by atoms with Crippen molar-refractivity contribution in [1.82, 2.24) is 31.3 Å². The molecular formula is C33H43N7O3. The minimum atomic E-state index is -0.753. The molecule has 7 rings (SSSR count). The number of piperidine rings is 1. The van der Waals surface area contributed by atoms with Gasteiger partial charge in [-0.25, -0.2) is 0 Å². The van der Waals surface area contributed by atoms with Gasteiger partial charge >= 0.3 is 0 Å². The van der Waals surface area contributed by atoms with Crippen LogP contribution in [0.25, 0.3) is 0 Å². The molecule has 2 aromatic rings. The predicted molar refractivity (Wildman–Crippen MR) is 164 cm³/mol. The van der Waals surface area contributed by atoms with Crippen LogP contribution in [0.1, 0.15) is 43.6 Å². The number of fused-ring (bicyclic) bond motifs is 1. The van der Waals surface area contributed by atoms with Crippen molar-refractivity contribution < 1.29 is 14.4 Å². The fourth-order valence-electron chi connectivity index (χ4n) is 8.21. The minimum absolute atomic E-state index is 0.00799. The summed E-state index contributed by atoms with van der Waals surface area (Å²) in [6.07, 6.45) is 3.98. The van der Waals surface area contributed by atoms with Crippen LogP contribution in [-0.4, -0.2) is 91.1 Å². The van der Waals surface area contributed by atoms with Crippen LogP contribution >= 0.6 is 0 Å². The van der Waals surface area contributed by atoms with Crippen LogP contribution in [-0.2, 0) is 14.4 Å². The average Bonchev–Trinajstić information content (AvgIpc) is 3.77. The Hall–Kier alpha value is -3.47. The smallest absolute Gasteiger partial charge is 0.250 e. The van der Waals surface area contributed by atoms with Crippen LogP contribution in [0, 0.1) is 11.8 Å². The quantitative estimate of drug-likeness (QED) is 0.406. The van der Waals surface area contributed by atoms with E-state index in [2.05, 4.69) is 38.5 Å². The summed E-state index contributed by atoms with van der Waals surface area (Å²) in [5, 5.41) is 6.63. The molecule has 0 radical (unpaired) electrons. The third kappa shape index (κ3) is 5.41. The van der Waals surface area contributed by atoms with E-state index < -0.39 is 5.54 Å². The average molecular weight is 586 g/mol. The Kier molecular flexibility index (Phi) is 7.83. The molecule has 43 heavy (non-hydrogen) atoms. The molecule has 4 saturated heterocycles. The maximum atomic E-state index is 14.2. The first-order chi connectivity index (χ1) is 21.0. The number of anilines is 1. The number of nitrogens with zero attached hydrogens (tertiary/aromatic N) is 3. The van der Waals surface area contributed by atoms with Crippen molar-refractivity contribution in [3.8, 4) is 0 Å². The van der Waals surface area contributed by atoms with Crippen molar-refractivity contribution in [3.63, 3.8) is 0 Å². The zero-order valence-electron chi connectivity index (χ0n) is 24.7. The lowest BCUT2D eigenvalue weighted by Crippen LogP contribution is -2.58. The van der Waals surface area contributed by atoms with E-state index >= 15 is 0 Å². The maximum absolute atomic E-state index is 14.2. The summed E-state index contributed by atoms with van der Waals surface area (Å²) in [6, 6.07) is 20.7. The highest BCUT2D eigenvalue weighted by Crippen LogP contribution is 2.40. The largest absolute Gasteiger partial charge is 0.350 e. The molecule has 3 unspecified atom stereocenters. The number of para-hydroxylation sites is 1. The molecule has 5 atom stereocenters. The van der Waals surface area contributed by atoms with E-state index in [1.807, 2.05) is 53.4 Å². The van der Waals surface area contributed by atoms with Gasteiger partial charge in [0.1, 0.15) is 12.1 Å². The predicted octanol–water partition coefficient (Wildman–Crippen LogP) is 1.42. The fraction of sp³-hybridized carbons (Fsp3) is 0.545. The third-order valence-corrected chi connectivity index (χ3v) is 10.6. The second kappa shape index (κ2) is 11.9. The van der Waals surface area contributed by atoms with Gasteiger partial charge in [-0.3, -0.25) is 25.2 Å². The van der Waals surface area contributed by atoms with E-state index in [1.165, 1.54) is 5.56 Å². The summed E-state index contributed by atoms with van der Waals surface area (Å²) >= 11 is 0. The van der Waals surface area contributed by atoms with Crippen molar-refractivity contribution in [3.05, 3.63) is 66.2 Å². The first-order valence-electron chi connectivity index (χ1n) is 16.0. The Bertz CT molecular complexity index is 1320. The molecule has 2 aromatic carbocycles. The number of benzene rings is 2. The fourth-order valence-corrected chi connectivity index (χ4v) is 8.21. The number of hydrogen-bond acceptors (Lipinski definition) is 7. The van der Waals surface area contributed by atoms with Crippen LogP contribution < -0.4 is 26.4 Å². The minimum Gasteiger partial charge on any atom is -0.350 e. The zero-order chi connectivity index (χ0) is 29.4. The SMILES string of the molecule is O=C(CN1CN(c2ccccc2)C2(CCN(C(=O)C3CCC4NNCC4C3)CC2)C1=O)N[C@@H]1CNC[C@H]1c1ccccc1. The van der Waals surface area contributed by atoms with Gasteiger partial charge in [0.25, 0.3) is 5.91 Å². The standard InChI is InChI=1S/C33H43N7O3/c41-30(36-29-20-34-19-27(29)23-7-3-1-4-8-23)21-39-22-40(26-9-5-2-6-10-26)33(32(39)43)13-15-38(16-14-33)31(42)24-11-12-28-25(17-24)18-35-37-28/h1-10,24-25,27-29,34-35,37H,11-22H2,(H,36,41)/t24?,25?,27-,28?,29+/m0/s1. The van der Waals surface area contributed by atoms with Gasteiger partial charge in [-0.1, -0.05) is 48.5 Å². The topological polar surface area (TPSA) is 109 Å². The van der Waals surface area contributed by atoms with Crippen LogP contribution in [0.5, 0.6) is 0 Å². The molecule has 0 bridgehead atoms. The third-order valence-electron chi connectivity index (χ3n) is 10.6. The molecule has 3 amide bonds. The number of carbonyl (C=O) groups excluding carboxylic acids is 3. The zero-order valence-corrected chi connectivity index (χ0v) is 24.7. The highest BCUT2D eigenvalue weighted by Gasteiger charge is 2.55. The van der Waals surface area contributed by atoms with E-state index in [0.29, 0.717) is 51.1 Å². The maximum Gasteiger partial charge on any atom is 0.250 e. The second-order valence-electron chi connectivity index (χ2n) is 13.0. The number of hydrazine groups is 1. The number of nitrogens with one attached hydrogen (secondary N) is 4. The van der Waals surface area contributed by atoms with Crippen molar-refractivity contribution in [2.75, 3.05) is 50.8 Å². The molecule has 0 aromatic heterocycles. The lowest BCUT2D eigenvalue weighted by molar-refractivity contribution is -0.142. The molecule has 1 spiro atoms. The summed E-state index contributed by atoms with van der Waals surface area (Å²) in [6.45, 7) is 3.94. The van der Waals surface area contributed by atoms with E-state index in [0.717, 1.165) is 38.0 Å². The summed E-state index contributed by atoms with van der Waals surface area (Å²) in [5.74, 6) is 0.868. The van der Waals surface area contributed by atoms with E-state index in [4.69, 9.17) is 0 Å². The van der Waals surface area contributed by atoms with Gasteiger partial charge in [0, 0.05) is 62.3 Å². The Balaban J connectivity index is 1.03. The van der Waals surface area contributed by atoms with Gasteiger partial charge in [0.05, 0.1) is 6.67 Å². The molecule has 4 aliphatic heterocycles. The monoisotopic (exact) mass is 585 g/mol. The molecular weight excluding hydrogens is 542 g/mol. The normalized spacial score (nSPS) is 30.1. The van der Waals surface area contributed by atoms with Crippen LogP contribution in [0.15, 0.2) is 60.7 Å². The van der Waals surface area contributed by atoms with Crippen LogP contribution in [0.3, 0.4) is 0 Å². The summed E-state index contributed by atoms with van der Waals surface area (Å²) in [5.41, 5.74) is 8.03. The molecule has 4 heterocycles. The van der Waals surface area contributed by atoms with Gasteiger partial charge < -0.3 is 25.3 Å². The lowest BCUT2D eigenvalue weighted by atomic mass is 9.77. The van der Waals surface area contributed by atoms with Crippen molar-refractivity contribution in [1.29, 1.82) is 0 Å². The molecule has 5 aliphatic rings. The Morgan fingerprint density at radius 1 is 0.930 bits per heavy atom. The van der Waals surface area contributed by atoms with Crippen molar-refractivity contribution in [2.24, 2.45) is 11.8 Å². The van der Waals surface area contributed by atoms with E-state index in [-0.39, 0.29) is 42.1 Å². The molecule has 10 nitrogen and oxygen atoms in total. The number of rotatable bonds is 6. The van der Waals surface area contributed by atoms with Gasteiger partial charge in [0.2, 0.25) is 11.8 Å². The molecule has 5 fully saturated rings. The summed E-state index contributed by atoms with van der Waals surface area (Å²) < 4.78 is 0. The van der Waals surface area contributed by atoms with Crippen LogP contribution in [0.4, 0.5) is 5.69 Å². The number of likely N-dealkylation sites (tertiary alicyclic amines) is 1. The van der Waals surface area contributed by atoms with Crippen molar-refractivity contribution in [2.45, 2.75) is 55.6 Å². The molecule has 228 valence electrons. The van der Waals surface area contributed by atoms with E-state index in [9.17, 15) is 14.4 Å². The van der Waals surface area contributed by atoms with Gasteiger partial charge in [0.15, 0.2) is 0 Å². The first kappa shape index (κ1) is 28.3. The van der Waals surface area contributed by atoms with Gasteiger partial charge in [-0.15, -0.1) is 0 Å². The second-order valence-corrected chi connectivity index (χ2v) is 13.0. The van der Waals surface area contributed by atoms with Crippen LogP contribution in [0.2, 0.25) is 0 Å². The summed E-state index contributed by atoms with van der Waals surface area (Å²) in [7, 11) is 0. The Morgan fingerprint density at radius 2 is 1.67 bits per heavy atom. The first-order valence-corrected chi connectivity index (χ1v) is 16.0. The number of hydrogen-bond donors (Lipinski definition) is 4. The van der Waals surface area contributed by atoms with Gasteiger partial charge in [-0.2, -0.15) is 0 Å². The molecule has 1 aliphatic carbocycles. The summed E-state index contributed by atoms with van der Waals surface area (Å²) in [4.78, 5) is 47.1. The number of carbonyl (C=O) groups is 3. The lowest BCUT2D eigenvalue weighted by Gasteiger charge is -2.44. The molecule has 10 heteroatoms. The Morgan fingerprint density at radius 3 is 2.44 bits per heavy atom. The van der Waals surface area contributed by atoms with Crippen molar-refractivity contribution >= 4 is 23.4 Å². The number of amides is 3.